The predicted octanol–water partition coefficient (Wildman–Crippen LogP) is 6.12. The standard InChI is InChI=1S/C23H25ClN2O2/c1-6-26-21-11-19(24)17(10-18(21)15(3)12-23(26,4)5)13-25-20-8-7-16(22(27)28)9-14(20)2/h7-13H,6H2,1-5H3,(H,27,28). The van der Waals surface area contributed by atoms with Crippen LogP contribution in [0.2, 0.25) is 5.02 Å². The number of anilines is 1. The van der Waals surface area contributed by atoms with Gasteiger partial charge in [0.15, 0.2) is 0 Å². The van der Waals surface area contributed by atoms with E-state index in [9.17, 15) is 4.79 Å². The van der Waals surface area contributed by atoms with Gasteiger partial charge in [-0.3, -0.25) is 4.99 Å². The van der Waals surface area contributed by atoms with Crippen molar-refractivity contribution in [2.75, 3.05) is 11.4 Å². The summed E-state index contributed by atoms with van der Waals surface area (Å²) in [6.45, 7) is 11.4. The number of halogens is 1. The third-order valence-corrected chi connectivity index (χ3v) is 5.53. The zero-order chi connectivity index (χ0) is 20.6. The van der Waals surface area contributed by atoms with Crippen LogP contribution in [-0.2, 0) is 0 Å². The first kappa shape index (κ1) is 20.2. The zero-order valence-corrected chi connectivity index (χ0v) is 17.6. The van der Waals surface area contributed by atoms with E-state index in [2.05, 4.69) is 49.7 Å². The van der Waals surface area contributed by atoms with E-state index in [0.717, 1.165) is 34.6 Å². The molecule has 2 aromatic rings. The van der Waals surface area contributed by atoms with Crippen LogP contribution >= 0.6 is 11.6 Å². The minimum Gasteiger partial charge on any atom is -0.478 e. The van der Waals surface area contributed by atoms with Gasteiger partial charge in [-0.15, -0.1) is 0 Å². The number of carboxylic acid groups (broad SMARTS) is 1. The van der Waals surface area contributed by atoms with E-state index < -0.39 is 5.97 Å². The van der Waals surface area contributed by atoms with Gasteiger partial charge < -0.3 is 10.0 Å². The minimum atomic E-state index is -0.943. The number of aryl methyl sites for hydroxylation is 1. The number of allylic oxidation sites excluding steroid dienone is 1. The van der Waals surface area contributed by atoms with Crippen LogP contribution in [0.4, 0.5) is 11.4 Å². The van der Waals surface area contributed by atoms with E-state index in [1.54, 1.807) is 24.4 Å². The maximum atomic E-state index is 11.1. The fourth-order valence-corrected chi connectivity index (χ4v) is 4.07. The van der Waals surface area contributed by atoms with E-state index in [-0.39, 0.29) is 11.1 Å². The molecule has 2 aromatic carbocycles. The molecule has 28 heavy (non-hydrogen) atoms. The van der Waals surface area contributed by atoms with Crippen molar-refractivity contribution in [2.24, 2.45) is 4.99 Å². The van der Waals surface area contributed by atoms with Crippen LogP contribution in [0.3, 0.4) is 0 Å². The van der Waals surface area contributed by atoms with Crippen LogP contribution in [0.1, 0.15) is 54.7 Å². The van der Waals surface area contributed by atoms with Crippen molar-refractivity contribution >= 4 is 40.7 Å². The molecule has 0 aliphatic carbocycles. The Bertz CT molecular complexity index is 1010. The number of hydrogen-bond donors (Lipinski definition) is 1. The van der Waals surface area contributed by atoms with Crippen LogP contribution in [0, 0.1) is 6.92 Å². The minimum absolute atomic E-state index is 0.0617. The molecule has 146 valence electrons. The number of carbonyl (C=O) groups is 1. The Balaban J connectivity index is 2.00. The van der Waals surface area contributed by atoms with Gasteiger partial charge in [0.05, 0.1) is 21.8 Å². The molecule has 4 nitrogen and oxygen atoms in total. The van der Waals surface area contributed by atoms with Gasteiger partial charge >= 0.3 is 5.97 Å². The molecular weight excluding hydrogens is 372 g/mol. The molecule has 3 rings (SSSR count). The number of rotatable bonds is 4. The number of fused-ring (bicyclic) bond motifs is 1. The summed E-state index contributed by atoms with van der Waals surface area (Å²) < 4.78 is 0. The van der Waals surface area contributed by atoms with Gasteiger partial charge in [-0.25, -0.2) is 4.79 Å². The molecule has 0 atom stereocenters. The molecule has 0 unspecified atom stereocenters. The Labute approximate surface area is 171 Å². The predicted molar refractivity (Wildman–Crippen MR) is 118 cm³/mol. The average molecular weight is 397 g/mol. The first-order valence-electron chi connectivity index (χ1n) is 9.33. The number of likely N-dealkylation sites (N-methyl/N-ethyl adjacent to an activating group) is 1. The van der Waals surface area contributed by atoms with Crippen molar-refractivity contribution in [3.05, 3.63) is 63.7 Å². The summed E-state index contributed by atoms with van der Waals surface area (Å²) in [5, 5.41) is 9.74. The summed E-state index contributed by atoms with van der Waals surface area (Å²) in [5.74, 6) is -0.943. The van der Waals surface area contributed by atoms with Crippen LogP contribution in [0.25, 0.3) is 5.57 Å². The molecule has 1 N–H and O–H groups in total. The summed E-state index contributed by atoms with van der Waals surface area (Å²) in [5.41, 5.74) is 6.08. The molecule has 0 fully saturated rings. The Kier molecular flexibility index (Phi) is 5.35. The second-order valence-corrected chi connectivity index (χ2v) is 8.09. The van der Waals surface area contributed by atoms with Crippen molar-refractivity contribution in [3.63, 3.8) is 0 Å². The first-order valence-corrected chi connectivity index (χ1v) is 9.71. The fourth-order valence-electron chi connectivity index (χ4n) is 3.86. The summed E-state index contributed by atoms with van der Waals surface area (Å²) in [4.78, 5) is 18.0. The summed E-state index contributed by atoms with van der Waals surface area (Å²) in [6, 6.07) is 8.99. The third-order valence-electron chi connectivity index (χ3n) is 5.20. The average Bonchev–Trinajstić information content (AvgIpc) is 2.60. The molecule has 0 spiro atoms. The lowest BCUT2D eigenvalue weighted by atomic mass is 9.88. The second-order valence-electron chi connectivity index (χ2n) is 7.68. The zero-order valence-electron chi connectivity index (χ0n) is 16.9. The molecule has 0 saturated carbocycles. The SMILES string of the molecule is CCN1c2cc(Cl)c(C=Nc3ccc(C(=O)O)cc3C)cc2C(C)=CC1(C)C. The van der Waals surface area contributed by atoms with Gasteiger partial charge in [0, 0.05) is 29.6 Å². The Morgan fingerprint density at radius 2 is 1.96 bits per heavy atom. The highest BCUT2D eigenvalue weighted by Crippen LogP contribution is 2.41. The van der Waals surface area contributed by atoms with E-state index in [1.165, 1.54) is 5.57 Å². The van der Waals surface area contributed by atoms with Crippen LogP contribution < -0.4 is 4.90 Å². The molecule has 5 heteroatoms. The lowest BCUT2D eigenvalue weighted by Crippen LogP contribution is -2.44. The van der Waals surface area contributed by atoms with Crippen molar-refractivity contribution in [3.8, 4) is 0 Å². The lowest BCUT2D eigenvalue weighted by molar-refractivity contribution is 0.0697. The normalized spacial score (nSPS) is 15.5. The lowest BCUT2D eigenvalue weighted by Gasteiger charge is -2.43. The fraction of sp³-hybridized carbons (Fsp3) is 0.304. The number of benzene rings is 2. The smallest absolute Gasteiger partial charge is 0.335 e. The molecule has 0 radical (unpaired) electrons. The van der Waals surface area contributed by atoms with Gasteiger partial charge in [0.25, 0.3) is 0 Å². The van der Waals surface area contributed by atoms with Crippen LogP contribution in [-0.4, -0.2) is 29.4 Å². The van der Waals surface area contributed by atoms with Crippen LogP contribution in [0.15, 0.2) is 41.4 Å². The molecule has 0 aromatic heterocycles. The van der Waals surface area contributed by atoms with E-state index in [1.807, 2.05) is 13.0 Å². The van der Waals surface area contributed by atoms with Gasteiger partial charge in [-0.2, -0.15) is 0 Å². The third kappa shape index (κ3) is 3.69. The van der Waals surface area contributed by atoms with Crippen LogP contribution in [0.5, 0.6) is 0 Å². The first-order chi connectivity index (χ1) is 13.1. The van der Waals surface area contributed by atoms with Gasteiger partial charge in [-0.1, -0.05) is 17.7 Å². The number of hydrogen-bond acceptors (Lipinski definition) is 3. The molecular formula is C23H25ClN2O2. The van der Waals surface area contributed by atoms with Crippen molar-refractivity contribution < 1.29 is 9.90 Å². The molecule has 1 aliphatic rings. The molecule has 1 aliphatic heterocycles. The number of aliphatic imine (C=N–C) groups is 1. The summed E-state index contributed by atoms with van der Waals surface area (Å²) in [6.07, 6.45) is 4.02. The van der Waals surface area contributed by atoms with Crippen molar-refractivity contribution in [1.29, 1.82) is 0 Å². The van der Waals surface area contributed by atoms with Crippen molar-refractivity contribution in [1.82, 2.24) is 0 Å². The Morgan fingerprint density at radius 1 is 1.25 bits per heavy atom. The van der Waals surface area contributed by atoms with Gasteiger partial charge in [-0.05, 0) is 76.1 Å². The number of nitrogens with zero attached hydrogens (tertiary/aromatic N) is 2. The topological polar surface area (TPSA) is 52.9 Å². The Hall–Kier alpha value is -2.59. The van der Waals surface area contributed by atoms with Crippen molar-refractivity contribution in [2.45, 2.75) is 40.2 Å². The number of carboxylic acids is 1. The van der Waals surface area contributed by atoms with Gasteiger partial charge in [0.2, 0.25) is 0 Å². The molecule has 0 bridgehead atoms. The van der Waals surface area contributed by atoms with E-state index >= 15 is 0 Å². The largest absolute Gasteiger partial charge is 0.478 e. The quantitative estimate of drug-likeness (QED) is 0.633. The summed E-state index contributed by atoms with van der Waals surface area (Å²) >= 11 is 6.58. The molecule has 0 amide bonds. The maximum absolute atomic E-state index is 11.1. The Morgan fingerprint density at radius 3 is 2.57 bits per heavy atom. The number of aromatic carboxylic acids is 1. The van der Waals surface area contributed by atoms with E-state index in [0.29, 0.717) is 5.02 Å². The highest BCUT2D eigenvalue weighted by atomic mass is 35.5. The van der Waals surface area contributed by atoms with E-state index in [4.69, 9.17) is 16.7 Å². The summed E-state index contributed by atoms with van der Waals surface area (Å²) in [7, 11) is 0. The molecule has 1 heterocycles. The highest BCUT2D eigenvalue weighted by molar-refractivity contribution is 6.33. The maximum Gasteiger partial charge on any atom is 0.335 e. The monoisotopic (exact) mass is 396 g/mol. The second kappa shape index (κ2) is 7.44. The molecule has 0 saturated heterocycles. The highest BCUT2D eigenvalue weighted by Gasteiger charge is 2.30. The van der Waals surface area contributed by atoms with Gasteiger partial charge in [0.1, 0.15) is 0 Å².